The fourth-order valence-electron chi connectivity index (χ4n) is 10.5. The molecule has 0 fully saturated rings. The molecule has 1 atom stereocenters. The summed E-state index contributed by atoms with van der Waals surface area (Å²) in [6.07, 6.45) is 86.0. The molecule has 79 heavy (non-hydrogen) atoms. The van der Waals surface area contributed by atoms with E-state index in [1.807, 2.05) is 0 Å². The van der Waals surface area contributed by atoms with Gasteiger partial charge in [0.05, 0.1) is 0 Å². The molecule has 0 aromatic heterocycles. The first kappa shape index (κ1) is 76.4. The molecule has 0 radical (unpaired) electrons. The van der Waals surface area contributed by atoms with E-state index in [0.717, 1.165) is 96.3 Å². The minimum Gasteiger partial charge on any atom is -0.462 e. The Bertz CT molecular complexity index is 1360. The Kier molecular flexibility index (Phi) is 65.6. The highest BCUT2D eigenvalue weighted by Gasteiger charge is 2.19. The highest BCUT2D eigenvalue weighted by atomic mass is 16.6. The van der Waals surface area contributed by atoms with Crippen LogP contribution < -0.4 is 0 Å². The summed E-state index contributed by atoms with van der Waals surface area (Å²) in [5, 5.41) is 0. The number of carbonyl (C=O) groups excluding carboxylic acids is 3. The van der Waals surface area contributed by atoms with Gasteiger partial charge >= 0.3 is 17.9 Å². The summed E-state index contributed by atoms with van der Waals surface area (Å²) >= 11 is 0. The van der Waals surface area contributed by atoms with E-state index < -0.39 is 6.10 Å². The van der Waals surface area contributed by atoms with Crippen molar-refractivity contribution in [2.24, 2.45) is 0 Å². The molecule has 0 N–H and O–H groups in total. The molecule has 0 aromatic rings. The molecule has 462 valence electrons. The zero-order chi connectivity index (χ0) is 57.1. The fourth-order valence-corrected chi connectivity index (χ4v) is 10.5. The monoisotopic (exact) mass is 1110 g/mol. The van der Waals surface area contributed by atoms with E-state index in [1.54, 1.807) is 0 Å². The molecular weight excluding hydrogens is 973 g/mol. The average molecular weight is 1110 g/mol. The molecule has 0 bridgehead atoms. The van der Waals surface area contributed by atoms with Crippen molar-refractivity contribution < 1.29 is 28.6 Å². The van der Waals surface area contributed by atoms with Gasteiger partial charge in [-0.3, -0.25) is 14.4 Å². The van der Waals surface area contributed by atoms with Gasteiger partial charge in [0.25, 0.3) is 0 Å². The zero-order valence-corrected chi connectivity index (χ0v) is 53.2. The van der Waals surface area contributed by atoms with E-state index in [9.17, 15) is 14.4 Å². The second kappa shape index (κ2) is 67.9. The number of hydrogen-bond acceptors (Lipinski definition) is 6. The molecule has 6 nitrogen and oxygen atoms in total. The van der Waals surface area contributed by atoms with Crippen LogP contribution in [0.1, 0.15) is 380 Å². The third kappa shape index (κ3) is 66.1. The van der Waals surface area contributed by atoms with Crippen LogP contribution in [0.2, 0.25) is 0 Å². The second-order valence-electron chi connectivity index (χ2n) is 23.8. The molecule has 0 rings (SSSR count). The maximum atomic E-state index is 12.9. The molecule has 0 heterocycles. The molecular formula is C73H134O6. The van der Waals surface area contributed by atoms with Crippen LogP contribution in [0, 0.1) is 0 Å². The summed E-state index contributed by atoms with van der Waals surface area (Å²) in [6.45, 7) is 6.59. The zero-order valence-electron chi connectivity index (χ0n) is 53.2. The number of rotatable bonds is 65. The fraction of sp³-hybridized carbons (Fsp3) is 0.849. The number of unbranched alkanes of at least 4 members (excludes halogenated alkanes) is 46. The SMILES string of the molecule is CCC/C=C\CCCCCCCC(=O)OCC(COC(=O)CCCCCCCCCCCCCCCCCCCCCCCCC/C=C\CCCCCCCCCC)OC(=O)CCCCCCC/C=C\C/C=C\CCCCCC. The summed E-state index contributed by atoms with van der Waals surface area (Å²) in [7, 11) is 0. The maximum Gasteiger partial charge on any atom is 0.306 e. The second-order valence-corrected chi connectivity index (χ2v) is 23.8. The van der Waals surface area contributed by atoms with Crippen LogP contribution in [0.25, 0.3) is 0 Å². The Morgan fingerprint density at radius 1 is 0.253 bits per heavy atom. The van der Waals surface area contributed by atoms with Crippen LogP contribution in [-0.2, 0) is 28.6 Å². The van der Waals surface area contributed by atoms with E-state index in [2.05, 4.69) is 69.4 Å². The standard InChI is InChI=1S/C73H134O6/c1-4-7-10-13-16-19-22-24-26-28-29-30-31-32-33-34-35-36-37-38-39-40-41-42-43-44-45-46-48-49-51-54-57-60-63-66-72(75)78-69-70(68-77-71(74)65-62-59-56-53-21-18-15-12-9-6-3)79-73(76)67-64-61-58-55-52-50-47-27-25-23-20-17-14-11-8-5-2/h12,15,20,23,27-29,47,70H,4-11,13-14,16-19,21-22,24-26,30-46,48-69H2,1-3H3/b15-12-,23-20-,29-28-,47-27-. The van der Waals surface area contributed by atoms with E-state index in [1.165, 1.54) is 244 Å². The normalized spacial score (nSPS) is 12.3. The number of hydrogen-bond donors (Lipinski definition) is 0. The summed E-state index contributed by atoms with van der Waals surface area (Å²) in [4.78, 5) is 38.2. The highest BCUT2D eigenvalue weighted by molar-refractivity contribution is 5.71. The van der Waals surface area contributed by atoms with Crippen molar-refractivity contribution in [3.63, 3.8) is 0 Å². The first-order valence-electron chi connectivity index (χ1n) is 35.1. The summed E-state index contributed by atoms with van der Waals surface area (Å²) < 4.78 is 16.9. The van der Waals surface area contributed by atoms with E-state index in [-0.39, 0.29) is 31.1 Å². The quantitative estimate of drug-likeness (QED) is 0.0261. The van der Waals surface area contributed by atoms with Gasteiger partial charge in [-0.25, -0.2) is 0 Å². The molecule has 0 aromatic carbocycles. The molecule has 1 unspecified atom stereocenters. The third-order valence-electron chi connectivity index (χ3n) is 15.8. The predicted molar refractivity (Wildman–Crippen MR) is 344 cm³/mol. The predicted octanol–water partition coefficient (Wildman–Crippen LogP) is 24.1. The highest BCUT2D eigenvalue weighted by Crippen LogP contribution is 2.18. The molecule has 0 aliphatic rings. The maximum absolute atomic E-state index is 12.9. The molecule has 0 saturated carbocycles. The van der Waals surface area contributed by atoms with Crippen molar-refractivity contribution in [2.45, 2.75) is 386 Å². The first-order chi connectivity index (χ1) is 39.0. The van der Waals surface area contributed by atoms with Gasteiger partial charge in [0.15, 0.2) is 6.10 Å². The lowest BCUT2D eigenvalue weighted by Gasteiger charge is -2.18. The van der Waals surface area contributed by atoms with Crippen molar-refractivity contribution >= 4 is 17.9 Å². The summed E-state index contributed by atoms with van der Waals surface area (Å²) in [5.74, 6) is -0.884. The molecule has 0 amide bonds. The largest absolute Gasteiger partial charge is 0.462 e. The van der Waals surface area contributed by atoms with Gasteiger partial charge in [0.1, 0.15) is 13.2 Å². The van der Waals surface area contributed by atoms with Gasteiger partial charge < -0.3 is 14.2 Å². The topological polar surface area (TPSA) is 78.9 Å². The Hall–Kier alpha value is -2.63. The van der Waals surface area contributed by atoms with E-state index in [0.29, 0.717) is 19.3 Å². The molecule has 6 heteroatoms. The Labute approximate surface area is 492 Å². The lowest BCUT2D eigenvalue weighted by molar-refractivity contribution is -0.167. The van der Waals surface area contributed by atoms with Crippen LogP contribution in [-0.4, -0.2) is 37.2 Å². The van der Waals surface area contributed by atoms with Crippen molar-refractivity contribution in [2.75, 3.05) is 13.2 Å². The number of allylic oxidation sites excluding steroid dienone is 8. The number of carbonyl (C=O) groups is 3. The number of ether oxygens (including phenoxy) is 3. The Balaban J connectivity index is 4.01. The van der Waals surface area contributed by atoms with Crippen LogP contribution >= 0.6 is 0 Å². The lowest BCUT2D eigenvalue weighted by Crippen LogP contribution is -2.30. The molecule has 0 aliphatic carbocycles. The summed E-state index contributed by atoms with van der Waals surface area (Å²) in [6, 6.07) is 0. The average Bonchev–Trinajstić information content (AvgIpc) is 3.45. The number of esters is 3. The Morgan fingerprint density at radius 2 is 0.481 bits per heavy atom. The third-order valence-corrected chi connectivity index (χ3v) is 15.8. The van der Waals surface area contributed by atoms with Gasteiger partial charge in [0, 0.05) is 19.3 Å². The summed E-state index contributed by atoms with van der Waals surface area (Å²) in [5.41, 5.74) is 0. The van der Waals surface area contributed by atoms with Gasteiger partial charge in [-0.1, -0.05) is 313 Å². The van der Waals surface area contributed by atoms with Crippen molar-refractivity contribution in [1.29, 1.82) is 0 Å². The molecule has 0 aliphatic heterocycles. The van der Waals surface area contributed by atoms with Gasteiger partial charge in [-0.2, -0.15) is 0 Å². The Morgan fingerprint density at radius 3 is 0.772 bits per heavy atom. The van der Waals surface area contributed by atoms with E-state index in [4.69, 9.17) is 14.2 Å². The minimum absolute atomic E-state index is 0.0780. The van der Waals surface area contributed by atoms with Crippen LogP contribution in [0.4, 0.5) is 0 Å². The van der Waals surface area contributed by atoms with Crippen molar-refractivity contribution in [1.82, 2.24) is 0 Å². The van der Waals surface area contributed by atoms with Gasteiger partial charge in [-0.05, 0) is 96.3 Å². The van der Waals surface area contributed by atoms with Crippen molar-refractivity contribution in [3.05, 3.63) is 48.6 Å². The van der Waals surface area contributed by atoms with Crippen molar-refractivity contribution in [3.8, 4) is 0 Å². The smallest absolute Gasteiger partial charge is 0.306 e. The minimum atomic E-state index is -0.782. The molecule has 0 saturated heterocycles. The van der Waals surface area contributed by atoms with Crippen LogP contribution in [0.15, 0.2) is 48.6 Å². The van der Waals surface area contributed by atoms with Gasteiger partial charge in [-0.15, -0.1) is 0 Å². The van der Waals surface area contributed by atoms with Crippen LogP contribution in [0.3, 0.4) is 0 Å². The molecule has 0 spiro atoms. The lowest BCUT2D eigenvalue weighted by atomic mass is 10.0. The van der Waals surface area contributed by atoms with Crippen LogP contribution in [0.5, 0.6) is 0 Å². The first-order valence-corrected chi connectivity index (χ1v) is 35.1. The van der Waals surface area contributed by atoms with E-state index >= 15 is 0 Å². The van der Waals surface area contributed by atoms with Gasteiger partial charge in [0.2, 0.25) is 0 Å².